The maximum Gasteiger partial charge on any atom is 0.234 e. The van der Waals surface area contributed by atoms with Crippen molar-refractivity contribution < 1.29 is 4.79 Å². The van der Waals surface area contributed by atoms with Crippen molar-refractivity contribution in [1.82, 2.24) is 0 Å². The summed E-state index contributed by atoms with van der Waals surface area (Å²) < 4.78 is 0. The van der Waals surface area contributed by atoms with Crippen LogP contribution in [0.1, 0.15) is 25.3 Å². The van der Waals surface area contributed by atoms with E-state index < -0.39 is 0 Å². The molecule has 0 aliphatic carbocycles. The van der Waals surface area contributed by atoms with E-state index >= 15 is 0 Å². The SMILES string of the molecule is CC(C)c1ccc(SCC(=O)Nc2c(Cl)cccc2Cl)cc1. The van der Waals surface area contributed by atoms with Crippen LogP contribution >= 0.6 is 35.0 Å². The molecule has 0 aromatic heterocycles. The molecule has 5 heteroatoms. The summed E-state index contributed by atoms with van der Waals surface area (Å²) in [4.78, 5) is 13.1. The molecule has 116 valence electrons. The van der Waals surface area contributed by atoms with Gasteiger partial charge in [-0.15, -0.1) is 11.8 Å². The van der Waals surface area contributed by atoms with Gasteiger partial charge in [0.15, 0.2) is 0 Å². The Balaban J connectivity index is 1.93. The summed E-state index contributed by atoms with van der Waals surface area (Å²) in [6, 6.07) is 13.4. The molecule has 2 aromatic carbocycles. The van der Waals surface area contributed by atoms with Crippen molar-refractivity contribution in [2.24, 2.45) is 0 Å². The van der Waals surface area contributed by atoms with Crippen LogP contribution in [0.4, 0.5) is 5.69 Å². The summed E-state index contributed by atoms with van der Waals surface area (Å²) in [5, 5.41) is 3.63. The molecule has 1 amide bonds. The monoisotopic (exact) mass is 353 g/mol. The van der Waals surface area contributed by atoms with Crippen molar-refractivity contribution in [3.05, 3.63) is 58.1 Å². The van der Waals surface area contributed by atoms with Gasteiger partial charge in [-0.05, 0) is 35.7 Å². The molecule has 0 saturated heterocycles. The van der Waals surface area contributed by atoms with Crippen LogP contribution in [-0.4, -0.2) is 11.7 Å². The second-order valence-corrected chi connectivity index (χ2v) is 7.02. The minimum atomic E-state index is -0.132. The van der Waals surface area contributed by atoms with Crippen LogP contribution in [0.15, 0.2) is 47.4 Å². The second kappa shape index (κ2) is 7.91. The molecule has 0 spiro atoms. The van der Waals surface area contributed by atoms with Gasteiger partial charge in [-0.2, -0.15) is 0 Å². The molecule has 0 bridgehead atoms. The number of hydrogen-bond donors (Lipinski definition) is 1. The zero-order valence-corrected chi connectivity index (χ0v) is 14.7. The van der Waals surface area contributed by atoms with E-state index in [4.69, 9.17) is 23.2 Å². The second-order valence-electron chi connectivity index (χ2n) is 5.16. The molecular weight excluding hydrogens is 337 g/mol. The lowest BCUT2D eigenvalue weighted by Gasteiger charge is -2.09. The van der Waals surface area contributed by atoms with Crippen molar-refractivity contribution >= 4 is 46.6 Å². The van der Waals surface area contributed by atoms with Crippen molar-refractivity contribution in [2.75, 3.05) is 11.1 Å². The maximum atomic E-state index is 12.0. The van der Waals surface area contributed by atoms with E-state index in [0.717, 1.165) is 4.90 Å². The molecule has 0 radical (unpaired) electrons. The molecular formula is C17H17Cl2NOS. The highest BCUT2D eigenvalue weighted by Crippen LogP contribution is 2.30. The van der Waals surface area contributed by atoms with Gasteiger partial charge < -0.3 is 5.32 Å². The number of benzene rings is 2. The third-order valence-electron chi connectivity index (χ3n) is 3.14. The van der Waals surface area contributed by atoms with E-state index in [9.17, 15) is 4.79 Å². The highest BCUT2D eigenvalue weighted by molar-refractivity contribution is 8.00. The molecule has 1 N–H and O–H groups in total. The Hall–Kier alpha value is -1.16. The molecule has 0 aliphatic heterocycles. The van der Waals surface area contributed by atoms with E-state index in [1.54, 1.807) is 18.2 Å². The third-order valence-corrected chi connectivity index (χ3v) is 4.79. The molecule has 0 fully saturated rings. The number of thioether (sulfide) groups is 1. The lowest BCUT2D eigenvalue weighted by molar-refractivity contribution is -0.113. The van der Waals surface area contributed by atoms with Crippen LogP contribution in [0.5, 0.6) is 0 Å². The molecule has 22 heavy (non-hydrogen) atoms. The standard InChI is InChI=1S/C17H17Cl2NOS/c1-11(2)12-6-8-13(9-7-12)22-10-16(21)20-17-14(18)4-3-5-15(17)19/h3-9,11H,10H2,1-2H3,(H,20,21). The molecule has 0 unspecified atom stereocenters. The molecule has 0 heterocycles. The normalized spacial score (nSPS) is 10.8. The number of hydrogen-bond acceptors (Lipinski definition) is 2. The number of amides is 1. The van der Waals surface area contributed by atoms with Gasteiger partial charge in [0, 0.05) is 4.90 Å². The van der Waals surface area contributed by atoms with E-state index in [1.165, 1.54) is 17.3 Å². The van der Waals surface area contributed by atoms with Crippen LogP contribution < -0.4 is 5.32 Å². The first-order chi connectivity index (χ1) is 10.5. The lowest BCUT2D eigenvalue weighted by Crippen LogP contribution is -2.14. The first-order valence-electron chi connectivity index (χ1n) is 6.94. The lowest BCUT2D eigenvalue weighted by atomic mass is 10.0. The summed E-state index contributed by atoms with van der Waals surface area (Å²) in [7, 11) is 0. The minimum absolute atomic E-state index is 0.132. The van der Waals surface area contributed by atoms with E-state index in [2.05, 4.69) is 31.3 Å². The summed E-state index contributed by atoms with van der Waals surface area (Å²) in [6.45, 7) is 4.31. The number of anilines is 1. The molecule has 0 saturated carbocycles. The Morgan fingerprint density at radius 1 is 1.09 bits per heavy atom. The number of rotatable bonds is 5. The van der Waals surface area contributed by atoms with Gasteiger partial charge in [-0.1, -0.05) is 55.2 Å². The Labute approximate surface area is 145 Å². The smallest absolute Gasteiger partial charge is 0.234 e. The molecule has 0 aliphatic rings. The fourth-order valence-electron chi connectivity index (χ4n) is 1.89. The average Bonchev–Trinajstić information content (AvgIpc) is 2.49. The topological polar surface area (TPSA) is 29.1 Å². The Kier molecular flexibility index (Phi) is 6.18. The Bertz CT molecular complexity index is 636. The number of halogens is 2. The van der Waals surface area contributed by atoms with Crippen LogP contribution in [0, 0.1) is 0 Å². The van der Waals surface area contributed by atoms with Crippen LogP contribution in [0.25, 0.3) is 0 Å². The van der Waals surface area contributed by atoms with Crippen LogP contribution in [-0.2, 0) is 4.79 Å². The summed E-state index contributed by atoms with van der Waals surface area (Å²) in [6.07, 6.45) is 0. The van der Waals surface area contributed by atoms with E-state index in [-0.39, 0.29) is 5.91 Å². The first kappa shape index (κ1) is 17.2. The van der Waals surface area contributed by atoms with Gasteiger partial charge in [-0.25, -0.2) is 0 Å². The van der Waals surface area contributed by atoms with Gasteiger partial charge in [-0.3, -0.25) is 4.79 Å². The van der Waals surface area contributed by atoms with Gasteiger partial charge in [0.2, 0.25) is 5.91 Å². The van der Waals surface area contributed by atoms with Gasteiger partial charge in [0.25, 0.3) is 0 Å². The predicted octanol–water partition coefficient (Wildman–Crippen LogP) is 5.85. The minimum Gasteiger partial charge on any atom is -0.323 e. The van der Waals surface area contributed by atoms with Crippen LogP contribution in [0.3, 0.4) is 0 Å². The molecule has 2 rings (SSSR count). The Morgan fingerprint density at radius 3 is 2.23 bits per heavy atom. The zero-order chi connectivity index (χ0) is 16.1. The third kappa shape index (κ3) is 4.67. The molecule has 2 nitrogen and oxygen atoms in total. The first-order valence-corrected chi connectivity index (χ1v) is 8.68. The number of carbonyl (C=O) groups excluding carboxylic acids is 1. The van der Waals surface area contributed by atoms with E-state index in [1.807, 2.05) is 12.1 Å². The summed E-state index contributed by atoms with van der Waals surface area (Å²) in [5.74, 6) is 0.681. The van der Waals surface area contributed by atoms with Gasteiger partial charge >= 0.3 is 0 Å². The summed E-state index contributed by atoms with van der Waals surface area (Å²) in [5.41, 5.74) is 1.75. The molecule has 2 aromatic rings. The number of para-hydroxylation sites is 1. The Morgan fingerprint density at radius 2 is 1.68 bits per heavy atom. The number of carbonyl (C=O) groups is 1. The highest BCUT2D eigenvalue weighted by atomic mass is 35.5. The zero-order valence-electron chi connectivity index (χ0n) is 12.4. The molecule has 0 atom stereocenters. The van der Waals surface area contributed by atoms with Gasteiger partial charge in [0.1, 0.15) is 0 Å². The van der Waals surface area contributed by atoms with Crippen molar-refractivity contribution in [1.29, 1.82) is 0 Å². The van der Waals surface area contributed by atoms with Crippen molar-refractivity contribution in [2.45, 2.75) is 24.7 Å². The quantitative estimate of drug-likeness (QED) is 0.683. The maximum absolute atomic E-state index is 12.0. The van der Waals surface area contributed by atoms with Crippen molar-refractivity contribution in [3.63, 3.8) is 0 Å². The van der Waals surface area contributed by atoms with Gasteiger partial charge in [0.05, 0.1) is 21.5 Å². The average molecular weight is 354 g/mol. The van der Waals surface area contributed by atoms with Crippen LogP contribution in [0.2, 0.25) is 10.0 Å². The van der Waals surface area contributed by atoms with Crippen molar-refractivity contribution in [3.8, 4) is 0 Å². The van der Waals surface area contributed by atoms with E-state index in [0.29, 0.717) is 27.4 Å². The fourth-order valence-corrected chi connectivity index (χ4v) is 3.08. The highest BCUT2D eigenvalue weighted by Gasteiger charge is 2.10. The predicted molar refractivity (Wildman–Crippen MR) is 96.3 cm³/mol. The summed E-state index contributed by atoms with van der Waals surface area (Å²) >= 11 is 13.5. The largest absolute Gasteiger partial charge is 0.323 e. The number of nitrogens with one attached hydrogen (secondary N) is 1. The fraction of sp³-hybridized carbons (Fsp3) is 0.235.